The minimum absolute atomic E-state index is 0.183. The first-order valence-electron chi connectivity index (χ1n) is 6.85. The molecule has 0 atom stereocenters. The van der Waals surface area contributed by atoms with E-state index < -0.39 is 5.97 Å². The molecule has 1 aromatic rings. The Morgan fingerprint density at radius 3 is 2.90 bits per heavy atom. The molecule has 0 spiro atoms. The summed E-state index contributed by atoms with van der Waals surface area (Å²) in [6.07, 6.45) is 4.03. The first-order valence-corrected chi connectivity index (χ1v) is 7.84. The van der Waals surface area contributed by atoms with Crippen LogP contribution in [0, 0.1) is 0 Å². The second kappa shape index (κ2) is 7.44. The van der Waals surface area contributed by atoms with E-state index in [0.717, 1.165) is 12.3 Å². The van der Waals surface area contributed by atoms with Crippen molar-refractivity contribution in [2.45, 2.75) is 24.9 Å². The summed E-state index contributed by atoms with van der Waals surface area (Å²) in [5, 5.41) is 0.606. The summed E-state index contributed by atoms with van der Waals surface area (Å²) in [6.45, 7) is 5.46. The number of carbonyl (C=O) groups is 1. The van der Waals surface area contributed by atoms with Gasteiger partial charge in [-0.05, 0) is 32.9 Å². The van der Waals surface area contributed by atoms with Crippen LogP contribution in [0.3, 0.4) is 0 Å². The summed E-state index contributed by atoms with van der Waals surface area (Å²) >= 11 is 1.56. The molecule has 20 heavy (non-hydrogen) atoms. The molecule has 110 valence electrons. The number of nitrogens with two attached hydrogens (primary N) is 1. The maximum atomic E-state index is 11.6. The van der Waals surface area contributed by atoms with Crippen LogP contribution in [0.25, 0.3) is 0 Å². The lowest BCUT2D eigenvalue weighted by Crippen LogP contribution is -2.22. The lowest BCUT2D eigenvalue weighted by molar-refractivity contribution is 0.0526. The van der Waals surface area contributed by atoms with Crippen molar-refractivity contribution in [3.63, 3.8) is 0 Å². The SMILES string of the molecule is CCOC(=O)c1cnc(SCCN2CCCC2)nc1N. The fourth-order valence-electron chi connectivity index (χ4n) is 2.09. The summed E-state index contributed by atoms with van der Waals surface area (Å²) in [4.78, 5) is 22.3. The number of carbonyl (C=O) groups excluding carboxylic acids is 1. The van der Waals surface area contributed by atoms with Gasteiger partial charge in [0.15, 0.2) is 5.16 Å². The quantitative estimate of drug-likeness (QED) is 0.483. The van der Waals surface area contributed by atoms with Crippen LogP contribution in [-0.4, -0.2) is 52.8 Å². The van der Waals surface area contributed by atoms with E-state index in [0.29, 0.717) is 11.8 Å². The van der Waals surface area contributed by atoms with Gasteiger partial charge < -0.3 is 15.4 Å². The zero-order chi connectivity index (χ0) is 14.4. The molecule has 1 fully saturated rings. The van der Waals surface area contributed by atoms with Gasteiger partial charge in [0.1, 0.15) is 11.4 Å². The highest BCUT2D eigenvalue weighted by atomic mass is 32.2. The average Bonchev–Trinajstić information content (AvgIpc) is 2.92. The number of anilines is 1. The number of hydrogen-bond donors (Lipinski definition) is 1. The molecular formula is C13H20N4O2S. The van der Waals surface area contributed by atoms with Crippen molar-refractivity contribution in [2.24, 2.45) is 0 Å². The van der Waals surface area contributed by atoms with E-state index in [1.165, 1.54) is 32.1 Å². The van der Waals surface area contributed by atoms with Gasteiger partial charge in [0, 0.05) is 18.5 Å². The minimum atomic E-state index is -0.474. The molecule has 0 aromatic carbocycles. The van der Waals surface area contributed by atoms with Crippen molar-refractivity contribution in [1.29, 1.82) is 0 Å². The molecule has 2 N–H and O–H groups in total. The molecule has 1 saturated heterocycles. The predicted octanol–water partition coefficient (Wildman–Crippen LogP) is 1.42. The van der Waals surface area contributed by atoms with Gasteiger partial charge in [0.2, 0.25) is 0 Å². The molecule has 6 nitrogen and oxygen atoms in total. The molecule has 0 unspecified atom stereocenters. The third-order valence-electron chi connectivity index (χ3n) is 3.13. The van der Waals surface area contributed by atoms with E-state index in [2.05, 4.69) is 14.9 Å². The minimum Gasteiger partial charge on any atom is -0.462 e. The monoisotopic (exact) mass is 296 g/mol. The van der Waals surface area contributed by atoms with Gasteiger partial charge in [0.05, 0.1) is 6.61 Å². The Morgan fingerprint density at radius 1 is 1.50 bits per heavy atom. The van der Waals surface area contributed by atoms with Crippen LogP contribution in [0.4, 0.5) is 5.82 Å². The normalized spacial score (nSPS) is 15.4. The number of nitrogen functional groups attached to an aromatic ring is 1. The lowest BCUT2D eigenvalue weighted by atomic mass is 10.3. The third kappa shape index (κ3) is 4.08. The molecule has 1 aliphatic heterocycles. The largest absolute Gasteiger partial charge is 0.462 e. The standard InChI is InChI=1S/C13H20N4O2S/c1-2-19-12(18)10-9-15-13(16-11(10)14)20-8-7-17-5-3-4-6-17/h9H,2-8H2,1H3,(H2,14,15,16). The highest BCUT2D eigenvalue weighted by molar-refractivity contribution is 7.99. The van der Waals surface area contributed by atoms with Crippen LogP contribution in [-0.2, 0) is 4.74 Å². The molecule has 0 amide bonds. The van der Waals surface area contributed by atoms with E-state index in [9.17, 15) is 4.79 Å². The summed E-state index contributed by atoms with van der Waals surface area (Å²) in [6, 6.07) is 0. The summed E-state index contributed by atoms with van der Waals surface area (Å²) < 4.78 is 4.88. The van der Waals surface area contributed by atoms with E-state index in [1.54, 1.807) is 18.7 Å². The maximum absolute atomic E-state index is 11.6. The Labute approximate surface area is 123 Å². The highest BCUT2D eigenvalue weighted by Gasteiger charge is 2.14. The van der Waals surface area contributed by atoms with Crippen molar-refractivity contribution in [2.75, 3.05) is 37.7 Å². The maximum Gasteiger partial charge on any atom is 0.343 e. The third-order valence-corrected chi connectivity index (χ3v) is 3.97. The van der Waals surface area contributed by atoms with E-state index in [-0.39, 0.29) is 11.4 Å². The van der Waals surface area contributed by atoms with Crippen LogP contribution in [0.15, 0.2) is 11.4 Å². The van der Waals surface area contributed by atoms with Crippen molar-refractivity contribution in [3.8, 4) is 0 Å². The fraction of sp³-hybridized carbons (Fsp3) is 0.615. The predicted molar refractivity (Wildman–Crippen MR) is 78.8 cm³/mol. The van der Waals surface area contributed by atoms with Gasteiger partial charge in [-0.3, -0.25) is 0 Å². The first kappa shape index (κ1) is 15.1. The van der Waals surface area contributed by atoms with Gasteiger partial charge in [0.25, 0.3) is 0 Å². The molecule has 2 rings (SSSR count). The molecule has 7 heteroatoms. The van der Waals surface area contributed by atoms with Crippen LogP contribution in [0.5, 0.6) is 0 Å². The molecular weight excluding hydrogens is 276 g/mol. The number of aromatic nitrogens is 2. The second-order valence-electron chi connectivity index (χ2n) is 4.57. The number of likely N-dealkylation sites (tertiary alicyclic amines) is 1. The number of hydrogen-bond acceptors (Lipinski definition) is 7. The molecule has 0 aliphatic carbocycles. The van der Waals surface area contributed by atoms with Gasteiger partial charge in [-0.15, -0.1) is 0 Å². The topological polar surface area (TPSA) is 81.3 Å². The Kier molecular flexibility index (Phi) is 5.60. The summed E-state index contributed by atoms with van der Waals surface area (Å²) in [5.74, 6) is 0.638. The summed E-state index contributed by atoms with van der Waals surface area (Å²) in [5.41, 5.74) is 6.00. The highest BCUT2D eigenvalue weighted by Crippen LogP contribution is 2.18. The number of nitrogens with zero attached hydrogens (tertiary/aromatic N) is 3. The Balaban J connectivity index is 1.86. The van der Waals surface area contributed by atoms with Crippen molar-refractivity contribution >= 4 is 23.5 Å². The second-order valence-corrected chi connectivity index (χ2v) is 5.63. The first-order chi connectivity index (χ1) is 9.70. The molecule has 1 aromatic heterocycles. The lowest BCUT2D eigenvalue weighted by Gasteiger charge is -2.13. The van der Waals surface area contributed by atoms with E-state index in [1.807, 2.05) is 0 Å². The van der Waals surface area contributed by atoms with E-state index >= 15 is 0 Å². The number of ether oxygens (including phenoxy) is 1. The Morgan fingerprint density at radius 2 is 2.25 bits per heavy atom. The molecule has 1 aliphatic rings. The van der Waals surface area contributed by atoms with Crippen LogP contribution in [0.2, 0.25) is 0 Å². The molecule has 0 bridgehead atoms. The number of esters is 1. The Hall–Kier alpha value is -1.34. The summed E-state index contributed by atoms with van der Waals surface area (Å²) in [7, 11) is 0. The zero-order valence-corrected chi connectivity index (χ0v) is 12.5. The average molecular weight is 296 g/mol. The zero-order valence-electron chi connectivity index (χ0n) is 11.7. The van der Waals surface area contributed by atoms with Crippen LogP contribution in [0.1, 0.15) is 30.1 Å². The van der Waals surface area contributed by atoms with Gasteiger partial charge in [-0.2, -0.15) is 0 Å². The number of rotatable bonds is 6. The van der Waals surface area contributed by atoms with Crippen molar-refractivity contribution < 1.29 is 9.53 Å². The molecule has 0 radical (unpaired) electrons. The van der Waals surface area contributed by atoms with Crippen LogP contribution < -0.4 is 5.73 Å². The smallest absolute Gasteiger partial charge is 0.343 e. The van der Waals surface area contributed by atoms with Crippen LogP contribution >= 0.6 is 11.8 Å². The van der Waals surface area contributed by atoms with Crippen molar-refractivity contribution in [1.82, 2.24) is 14.9 Å². The molecule has 0 saturated carbocycles. The van der Waals surface area contributed by atoms with Crippen molar-refractivity contribution in [3.05, 3.63) is 11.8 Å². The van der Waals surface area contributed by atoms with Gasteiger partial charge >= 0.3 is 5.97 Å². The fourth-order valence-corrected chi connectivity index (χ4v) is 2.91. The Bertz CT molecular complexity index is 464. The van der Waals surface area contributed by atoms with E-state index in [4.69, 9.17) is 10.5 Å². The van der Waals surface area contributed by atoms with Gasteiger partial charge in [-0.1, -0.05) is 11.8 Å². The van der Waals surface area contributed by atoms with Gasteiger partial charge in [-0.25, -0.2) is 14.8 Å². The molecule has 2 heterocycles. The number of thioether (sulfide) groups is 1.